The maximum absolute atomic E-state index is 11.8. The summed E-state index contributed by atoms with van der Waals surface area (Å²) >= 11 is 0. The van der Waals surface area contributed by atoms with E-state index in [0.717, 1.165) is 5.82 Å². The van der Waals surface area contributed by atoms with Crippen molar-refractivity contribution in [2.75, 3.05) is 0 Å². The Morgan fingerprint density at radius 1 is 1.32 bits per heavy atom. The third-order valence-electron chi connectivity index (χ3n) is 3.52. The normalized spacial score (nSPS) is 11.0. The van der Waals surface area contributed by atoms with Gasteiger partial charge in [0.1, 0.15) is 12.6 Å². The number of aromatic nitrogens is 3. The summed E-state index contributed by atoms with van der Waals surface area (Å²) in [6.45, 7) is 2.08. The van der Waals surface area contributed by atoms with Crippen LogP contribution in [0.15, 0.2) is 47.4 Å². The summed E-state index contributed by atoms with van der Waals surface area (Å²) < 4.78 is 7.33. The molecule has 0 unspecified atom stereocenters. The number of hydrogen-bond acceptors (Lipinski definition) is 4. The summed E-state index contributed by atoms with van der Waals surface area (Å²) in [5.41, 5.74) is 1.54. The molecule has 0 fully saturated rings. The Morgan fingerprint density at radius 2 is 2.09 bits per heavy atom. The number of rotatable bonds is 5. The lowest BCUT2D eigenvalue weighted by molar-refractivity contribution is 0.203. The second kappa shape index (κ2) is 6.17. The number of hydrogen-bond donors (Lipinski definition) is 2. The largest absolute Gasteiger partial charge is 0.492 e. The fourth-order valence-electron chi connectivity index (χ4n) is 2.39. The monoisotopic (exact) mass is 297 g/mol. The standard InChI is InChI=1S/C15H16BN3O3/c1-2-13-18-14-12(8-9-17-15(14)20)19(13)10-22-16(21)11-6-4-3-5-7-11/h3-9,21H,2,10H2,1H3,(H,17,20). The van der Waals surface area contributed by atoms with Gasteiger partial charge in [-0.2, -0.15) is 0 Å². The number of H-pyrrole nitrogens is 1. The van der Waals surface area contributed by atoms with Gasteiger partial charge < -0.3 is 19.2 Å². The molecule has 0 amide bonds. The minimum atomic E-state index is -1.02. The van der Waals surface area contributed by atoms with Crippen LogP contribution in [0.1, 0.15) is 12.7 Å². The predicted octanol–water partition coefficient (Wildman–Crippen LogP) is 0.649. The second-order valence-electron chi connectivity index (χ2n) is 4.91. The van der Waals surface area contributed by atoms with Gasteiger partial charge in [-0.1, -0.05) is 37.3 Å². The topological polar surface area (TPSA) is 80.1 Å². The van der Waals surface area contributed by atoms with Gasteiger partial charge in [0.15, 0.2) is 5.52 Å². The van der Waals surface area contributed by atoms with Crippen LogP contribution >= 0.6 is 0 Å². The first-order chi connectivity index (χ1) is 10.7. The summed E-state index contributed by atoms with van der Waals surface area (Å²) in [5, 5.41) is 10.1. The molecule has 1 aromatic carbocycles. The van der Waals surface area contributed by atoms with Gasteiger partial charge in [-0.15, -0.1) is 0 Å². The first-order valence-electron chi connectivity index (χ1n) is 7.12. The minimum absolute atomic E-state index is 0.124. The molecule has 3 aromatic rings. The maximum Gasteiger partial charge on any atom is 0.492 e. The maximum atomic E-state index is 11.8. The van der Waals surface area contributed by atoms with Gasteiger partial charge in [0.05, 0.1) is 5.52 Å². The zero-order valence-electron chi connectivity index (χ0n) is 12.2. The van der Waals surface area contributed by atoms with Gasteiger partial charge in [0.25, 0.3) is 5.56 Å². The van der Waals surface area contributed by atoms with E-state index in [1.807, 2.05) is 25.1 Å². The molecule has 6 nitrogen and oxygen atoms in total. The molecule has 0 saturated carbocycles. The van der Waals surface area contributed by atoms with Crippen LogP contribution < -0.4 is 11.0 Å². The average Bonchev–Trinajstić information content (AvgIpc) is 2.92. The molecule has 0 bridgehead atoms. The highest BCUT2D eigenvalue weighted by Crippen LogP contribution is 2.13. The van der Waals surface area contributed by atoms with Crippen LogP contribution in [0.3, 0.4) is 0 Å². The molecule has 3 rings (SSSR count). The van der Waals surface area contributed by atoms with Crippen LogP contribution in [-0.4, -0.2) is 26.7 Å². The average molecular weight is 297 g/mol. The lowest BCUT2D eigenvalue weighted by Crippen LogP contribution is -2.34. The van der Waals surface area contributed by atoms with E-state index in [1.165, 1.54) is 0 Å². The van der Waals surface area contributed by atoms with Crippen molar-refractivity contribution in [2.24, 2.45) is 0 Å². The van der Waals surface area contributed by atoms with E-state index in [4.69, 9.17) is 4.65 Å². The van der Waals surface area contributed by atoms with Crippen LogP contribution in [-0.2, 0) is 17.8 Å². The molecule has 2 heterocycles. The van der Waals surface area contributed by atoms with Crippen molar-refractivity contribution < 1.29 is 9.68 Å². The van der Waals surface area contributed by atoms with Gasteiger partial charge in [-0.3, -0.25) is 4.79 Å². The first-order valence-corrected chi connectivity index (χ1v) is 7.12. The number of aryl methyl sites for hydroxylation is 1. The number of fused-ring (bicyclic) bond motifs is 1. The van der Waals surface area contributed by atoms with Crippen molar-refractivity contribution in [3.8, 4) is 0 Å². The minimum Gasteiger partial charge on any atom is -0.423 e. The number of imidazole rings is 1. The van der Waals surface area contributed by atoms with Crippen LogP contribution in [0.2, 0.25) is 0 Å². The van der Waals surface area contributed by atoms with Crippen molar-refractivity contribution >= 4 is 23.6 Å². The fraction of sp³-hybridized carbons (Fsp3) is 0.200. The van der Waals surface area contributed by atoms with Gasteiger partial charge in [-0.05, 0) is 11.5 Å². The van der Waals surface area contributed by atoms with Gasteiger partial charge in [0, 0.05) is 12.6 Å². The summed E-state index contributed by atoms with van der Waals surface area (Å²) in [6.07, 6.45) is 2.24. The number of benzene rings is 1. The molecule has 112 valence electrons. The SMILES string of the molecule is CCc1nc2c(=O)[nH]ccc2n1COB(O)c1ccccc1. The quantitative estimate of drug-likeness (QED) is 0.678. The smallest absolute Gasteiger partial charge is 0.423 e. The highest BCUT2D eigenvalue weighted by molar-refractivity contribution is 6.59. The Kier molecular flexibility index (Phi) is 4.08. The number of aromatic amines is 1. The molecule has 0 aliphatic carbocycles. The number of nitrogens with one attached hydrogen (secondary N) is 1. The Bertz CT molecular complexity index is 829. The first kappa shape index (κ1) is 14.6. The number of nitrogens with zero attached hydrogens (tertiary/aromatic N) is 2. The lowest BCUT2D eigenvalue weighted by atomic mass is 9.80. The van der Waals surface area contributed by atoms with E-state index in [2.05, 4.69) is 9.97 Å². The summed E-state index contributed by atoms with van der Waals surface area (Å²) in [7, 11) is -1.02. The lowest BCUT2D eigenvalue weighted by Gasteiger charge is -2.12. The Labute approximate surface area is 127 Å². The van der Waals surface area contributed by atoms with Crippen LogP contribution in [0.4, 0.5) is 0 Å². The van der Waals surface area contributed by atoms with Crippen molar-refractivity contribution in [1.82, 2.24) is 14.5 Å². The van der Waals surface area contributed by atoms with Gasteiger partial charge in [0.2, 0.25) is 0 Å². The van der Waals surface area contributed by atoms with Crippen molar-refractivity contribution in [1.29, 1.82) is 0 Å². The van der Waals surface area contributed by atoms with Gasteiger partial charge >= 0.3 is 7.12 Å². The van der Waals surface area contributed by atoms with Gasteiger partial charge in [-0.25, -0.2) is 4.98 Å². The van der Waals surface area contributed by atoms with E-state index in [9.17, 15) is 9.82 Å². The predicted molar refractivity (Wildman–Crippen MR) is 84.9 cm³/mol. The molecule has 7 heteroatoms. The summed E-state index contributed by atoms with van der Waals surface area (Å²) in [4.78, 5) is 18.7. The second-order valence-corrected chi connectivity index (χ2v) is 4.91. The zero-order valence-corrected chi connectivity index (χ0v) is 12.2. The summed E-state index contributed by atoms with van der Waals surface area (Å²) in [5.74, 6) is 0.743. The molecule has 0 saturated heterocycles. The van der Waals surface area contributed by atoms with Crippen LogP contribution in [0.5, 0.6) is 0 Å². The molecular weight excluding hydrogens is 281 g/mol. The van der Waals surface area contributed by atoms with E-state index in [-0.39, 0.29) is 12.3 Å². The Balaban J connectivity index is 1.87. The molecule has 0 aliphatic rings. The van der Waals surface area contributed by atoms with Crippen molar-refractivity contribution in [3.05, 3.63) is 58.8 Å². The van der Waals surface area contributed by atoms with Crippen molar-refractivity contribution in [3.63, 3.8) is 0 Å². The molecule has 2 N–H and O–H groups in total. The molecular formula is C15H16BN3O3. The highest BCUT2D eigenvalue weighted by Gasteiger charge is 2.18. The van der Waals surface area contributed by atoms with E-state index in [0.29, 0.717) is 22.9 Å². The molecule has 22 heavy (non-hydrogen) atoms. The van der Waals surface area contributed by atoms with E-state index >= 15 is 0 Å². The summed E-state index contributed by atoms with van der Waals surface area (Å²) in [6, 6.07) is 10.9. The fourth-order valence-corrected chi connectivity index (χ4v) is 2.39. The van der Waals surface area contributed by atoms with E-state index < -0.39 is 7.12 Å². The number of pyridine rings is 1. The third kappa shape index (κ3) is 2.68. The molecule has 0 radical (unpaired) electrons. The highest BCUT2D eigenvalue weighted by atomic mass is 16.5. The molecule has 0 spiro atoms. The van der Waals surface area contributed by atoms with Crippen molar-refractivity contribution in [2.45, 2.75) is 20.1 Å². The third-order valence-corrected chi connectivity index (χ3v) is 3.52. The van der Waals surface area contributed by atoms with Crippen LogP contribution in [0, 0.1) is 0 Å². The Hall–Kier alpha value is -2.38. The molecule has 0 atom stereocenters. The zero-order chi connectivity index (χ0) is 15.5. The van der Waals surface area contributed by atoms with E-state index in [1.54, 1.807) is 29.0 Å². The Morgan fingerprint density at radius 3 is 2.82 bits per heavy atom. The molecule has 0 aliphatic heterocycles. The van der Waals surface area contributed by atoms with Crippen LogP contribution in [0.25, 0.3) is 11.0 Å². The molecule has 2 aromatic heterocycles.